The van der Waals surface area contributed by atoms with Crippen molar-refractivity contribution in [2.24, 2.45) is 5.92 Å². The summed E-state index contributed by atoms with van der Waals surface area (Å²) in [6, 6.07) is 4.14. The number of hydrogen-bond acceptors (Lipinski definition) is 6. The first kappa shape index (κ1) is 16.7. The van der Waals surface area contributed by atoms with Crippen molar-refractivity contribution in [2.45, 2.75) is 17.7 Å². The van der Waals surface area contributed by atoms with Gasteiger partial charge in [0.15, 0.2) is 9.84 Å². The molecule has 1 aliphatic rings. The largest absolute Gasteiger partial charge is 0.385 e. The molecule has 1 atom stereocenters. The molecule has 2 rings (SSSR count). The van der Waals surface area contributed by atoms with Crippen molar-refractivity contribution in [3.63, 3.8) is 0 Å². The molecule has 1 unspecified atom stereocenters. The van der Waals surface area contributed by atoms with E-state index in [2.05, 4.69) is 17.3 Å². The molecule has 0 bridgehead atoms. The zero-order valence-electron chi connectivity index (χ0n) is 12.8. The maximum absolute atomic E-state index is 11.7. The monoisotopic (exact) mass is 327 g/mol. The van der Waals surface area contributed by atoms with Crippen LogP contribution in [0.2, 0.25) is 0 Å². The van der Waals surface area contributed by atoms with Crippen LogP contribution in [0.25, 0.3) is 0 Å². The van der Waals surface area contributed by atoms with Gasteiger partial charge in [0, 0.05) is 31.1 Å². The summed E-state index contributed by atoms with van der Waals surface area (Å²) in [6.07, 6.45) is 3.26. The van der Waals surface area contributed by atoms with Crippen molar-refractivity contribution < 1.29 is 13.3 Å². The molecule has 1 N–H and O–H groups in total. The van der Waals surface area contributed by atoms with E-state index in [1.165, 1.54) is 12.1 Å². The lowest BCUT2D eigenvalue weighted by molar-refractivity contribution is -0.387. The molecule has 1 fully saturated rings. The summed E-state index contributed by atoms with van der Waals surface area (Å²) in [5.74, 6) is 0.496. The number of nitrogens with one attached hydrogen (secondary N) is 1. The van der Waals surface area contributed by atoms with Gasteiger partial charge in [-0.3, -0.25) is 10.1 Å². The predicted molar refractivity (Wildman–Crippen MR) is 84.9 cm³/mol. The second-order valence-electron chi connectivity index (χ2n) is 5.86. The van der Waals surface area contributed by atoms with Gasteiger partial charge in [-0.05, 0) is 44.5 Å². The van der Waals surface area contributed by atoms with Crippen LogP contribution in [0.15, 0.2) is 23.1 Å². The van der Waals surface area contributed by atoms with Crippen LogP contribution in [0.1, 0.15) is 12.8 Å². The van der Waals surface area contributed by atoms with E-state index in [-0.39, 0.29) is 10.6 Å². The number of nitro groups is 1. The normalized spacial score (nSPS) is 19.8. The number of sulfone groups is 1. The number of rotatable bonds is 5. The highest BCUT2D eigenvalue weighted by Crippen LogP contribution is 2.27. The molecule has 0 aromatic heterocycles. The zero-order valence-corrected chi connectivity index (χ0v) is 13.6. The second kappa shape index (κ2) is 6.62. The fourth-order valence-corrected chi connectivity index (χ4v) is 3.64. The third-order valence-corrected chi connectivity index (χ3v) is 5.00. The van der Waals surface area contributed by atoms with Crippen LogP contribution in [-0.2, 0) is 9.84 Å². The van der Waals surface area contributed by atoms with Crippen LogP contribution in [0.5, 0.6) is 0 Å². The molecule has 1 aromatic carbocycles. The summed E-state index contributed by atoms with van der Waals surface area (Å²) in [5, 5.41) is 14.1. The summed E-state index contributed by atoms with van der Waals surface area (Å²) < 4.78 is 23.4. The molecule has 0 radical (unpaired) electrons. The lowest BCUT2D eigenvalue weighted by atomic mass is 9.98. The lowest BCUT2D eigenvalue weighted by Crippen LogP contribution is -2.35. The van der Waals surface area contributed by atoms with Crippen LogP contribution in [0.3, 0.4) is 0 Å². The quantitative estimate of drug-likeness (QED) is 0.654. The topological polar surface area (TPSA) is 92.5 Å². The number of benzene rings is 1. The van der Waals surface area contributed by atoms with Crippen LogP contribution < -0.4 is 5.32 Å². The maximum atomic E-state index is 11.7. The first-order valence-electron chi connectivity index (χ1n) is 7.18. The van der Waals surface area contributed by atoms with Gasteiger partial charge in [-0.1, -0.05) is 0 Å². The summed E-state index contributed by atoms with van der Waals surface area (Å²) in [5.41, 5.74) is 0.213. The molecule has 0 amide bonds. The summed E-state index contributed by atoms with van der Waals surface area (Å²) in [7, 11) is -1.56. The van der Waals surface area contributed by atoms with Crippen LogP contribution in [0, 0.1) is 16.0 Å². The van der Waals surface area contributed by atoms with E-state index in [9.17, 15) is 18.5 Å². The Bertz CT molecular complexity index is 660. The van der Waals surface area contributed by atoms with Crippen molar-refractivity contribution in [1.29, 1.82) is 0 Å². The van der Waals surface area contributed by atoms with Crippen molar-refractivity contribution in [1.82, 2.24) is 4.90 Å². The number of anilines is 1. The van der Waals surface area contributed by atoms with Crippen molar-refractivity contribution >= 4 is 21.2 Å². The number of piperidine rings is 1. The van der Waals surface area contributed by atoms with E-state index in [0.717, 1.165) is 38.7 Å². The highest BCUT2D eigenvalue weighted by molar-refractivity contribution is 7.90. The third kappa shape index (κ3) is 4.17. The van der Waals surface area contributed by atoms with E-state index in [0.29, 0.717) is 11.6 Å². The van der Waals surface area contributed by atoms with E-state index < -0.39 is 14.8 Å². The van der Waals surface area contributed by atoms with Gasteiger partial charge in [0.1, 0.15) is 4.90 Å². The fourth-order valence-electron chi connectivity index (χ4n) is 2.77. The maximum Gasteiger partial charge on any atom is 0.288 e. The first-order valence-corrected chi connectivity index (χ1v) is 9.07. The van der Waals surface area contributed by atoms with Gasteiger partial charge in [-0.25, -0.2) is 8.42 Å². The Morgan fingerprint density at radius 1 is 1.45 bits per heavy atom. The average Bonchev–Trinajstić information content (AvgIpc) is 2.44. The van der Waals surface area contributed by atoms with Crippen LogP contribution in [-0.4, -0.2) is 51.2 Å². The Morgan fingerprint density at radius 2 is 2.18 bits per heavy atom. The Morgan fingerprint density at radius 3 is 2.77 bits per heavy atom. The van der Waals surface area contributed by atoms with Gasteiger partial charge in [0.25, 0.3) is 5.69 Å². The lowest BCUT2D eigenvalue weighted by Gasteiger charge is -2.30. The molecule has 0 saturated carbocycles. The smallest absolute Gasteiger partial charge is 0.288 e. The predicted octanol–water partition coefficient (Wildman–Crippen LogP) is 1.75. The molecule has 1 heterocycles. The van der Waals surface area contributed by atoms with Gasteiger partial charge in [0.2, 0.25) is 0 Å². The van der Waals surface area contributed by atoms with Crippen molar-refractivity contribution in [2.75, 3.05) is 38.3 Å². The van der Waals surface area contributed by atoms with E-state index in [1.807, 2.05) is 0 Å². The zero-order chi connectivity index (χ0) is 16.3. The number of nitro benzene ring substituents is 1. The Hall–Kier alpha value is -1.67. The standard InChI is InChI=1S/C14H21N3O4S/c1-16-7-3-4-11(10-16)9-15-12-5-6-13(17(18)19)14(8-12)22(2,20)21/h5-6,8,11,15H,3-4,7,9-10H2,1-2H3. The molecular formula is C14H21N3O4S. The molecule has 1 saturated heterocycles. The average molecular weight is 327 g/mol. The highest BCUT2D eigenvalue weighted by atomic mass is 32.2. The molecule has 22 heavy (non-hydrogen) atoms. The minimum Gasteiger partial charge on any atom is -0.385 e. The Labute approximate surface area is 130 Å². The van der Waals surface area contributed by atoms with E-state index in [1.54, 1.807) is 6.07 Å². The Kier molecular flexibility index (Phi) is 5.02. The molecule has 1 aromatic rings. The summed E-state index contributed by atoms with van der Waals surface area (Å²) in [6.45, 7) is 2.83. The summed E-state index contributed by atoms with van der Waals surface area (Å²) in [4.78, 5) is 12.3. The fraction of sp³-hybridized carbons (Fsp3) is 0.571. The van der Waals surface area contributed by atoms with Gasteiger partial charge in [-0.15, -0.1) is 0 Å². The highest BCUT2D eigenvalue weighted by Gasteiger charge is 2.23. The van der Waals surface area contributed by atoms with Crippen molar-refractivity contribution in [3.8, 4) is 0 Å². The molecule has 1 aliphatic heterocycles. The summed E-state index contributed by atoms with van der Waals surface area (Å²) >= 11 is 0. The Balaban J connectivity index is 2.13. The SMILES string of the molecule is CN1CCCC(CNc2ccc([N+](=O)[O-])c(S(C)(=O)=O)c2)C1. The van der Waals surface area contributed by atoms with Gasteiger partial charge >= 0.3 is 0 Å². The van der Waals surface area contributed by atoms with E-state index >= 15 is 0 Å². The first-order chi connectivity index (χ1) is 10.3. The molecule has 8 heteroatoms. The van der Waals surface area contributed by atoms with Crippen LogP contribution >= 0.6 is 0 Å². The number of hydrogen-bond donors (Lipinski definition) is 1. The molecular weight excluding hydrogens is 306 g/mol. The number of nitrogens with zero attached hydrogens (tertiary/aromatic N) is 2. The van der Waals surface area contributed by atoms with Gasteiger partial charge < -0.3 is 10.2 Å². The van der Waals surface area contributed by atoms with Crippen molar-refractivity contribution in [3.05, 3.63) is 28.3 Å². The minimum absolute atomic E-state index is 0.247. The minimum atomic E-state index is -3.64. The third-order valence-electron chi connectivity index (χ3n) is 3.87. The van der Waals surface area contributed by atoms with E-state index in [4.69, 9.17) is 0 Å². The van der Waals surface area contributed by atoms with Gasteiger partial charge in [-0.2, -0.15) is 0 Å². The van der Waals surface area contributed by atoms with Crippen LogP contribution in [0.4, 0.5) is 11.4 Å². The second-order valence-corrected chi connectivity index (χ2v) is 7.85. The van der Waals surface area contributed by atoms with Gasteiger partial charge in [0.05, 0.1) is 4.92 Å². The molecule has 0 aliphatic carbocycles. The molecule has 7 nitrogen and oxygen atoms in total. The number of likely N-dealkylation sites (tertiary alicyclic amines) is 1. The molecule has 0 spiro atoms. The molecule has 122 valence electrons.